The Balaban J connectivity index is 2.96. The quantitative estimate of drug-likeness (QED) is 0.622. The molecule has 1 aromatic rings. The van der Waals surface area contributed by atoms with Crippen molar-refractivity contribution in [3.8, 4) is 0 Å². The van der Waals surface area contributed by atoms with Crippen molar-refractivity contribution in [1.29, 1.82) is 0 Å². The zero-order valence-electron chi connectivity index (χ0n) is 5.96. The summed E-state index contributed by atoms with van der Waals surface area (Å²) in [5.74, 6) is 0. The lowest BCUT2D eigenvalue weighted by Crippen LogP contribution is -1.87. The van der Waals surface area contributed by atoms with E-state index in [4.69, 9.17) is 0 Å². The smallest absolute Gasteiger partial charge is 0.0469 e. The maximum Gasteiger partial charge on any atom is 0.0469 e. The van der Waals surface area contributed by atoms with Crippen LogP contribution in [0.1, 0.15) is 12.5 Å². The lowest BCUT2D eigenvalue weighted by molar-refractivity contribution is 1.14. The molecule has 0 spiro atoms. The van der Waals surface area contributed by atoms with Crippen LogP contribution in [0.25, 0.3) is 0 Å². The molecule has 1 aromatic carbocycles. The minimum atomic E-state index is 1.05. The summed E-state index contributed by atoms with van der Waals surface area (Å²) in [5.41, 5.74) is 2.41. The molecule has 1 nitrogen and oxygen atoms in total. The molecule has 0 amide bonds. The first-order valence-electron chi connectivity index (χ1n) is 3.36. The van der Waals surface area contributed by atoms with Gasteiger partial charge in [-0.05, 0) is 18.1 Å². The molecule has 1 N–H and O–H groups in total. The van der Waals surface area contributed by atoms with Crippen molar-refractivity contribution in [1.82, 2.24) is 0 Å². The fourth-order valence-electron chi connectivity index (χ4n) is 0.938. The highest BCUT2D eigenvalue weighted by atomic mass is 32.1. The minimum Gasteiger partial charge on any atom is -0.332 e. The normalized spacial score (nSPS) is 9.40. The first-order chi connectivity index (χ1) is 4.88. The summed E-state index contributed by atoms with van der Waals surface area (Å²) in [6.07, 6.45) is 1.05. The van der Waals surface area contributed by atoms with E-state index in [9.17, 15) is 0 Å². The SMILES string of the molecule is CCc1ccccc1NS. The van der Waals surface area contributed by atoms with Crippen molar-refractivity contribution < 1.29 is 0 Å². The second-order valence-corrected chi connectivity index (χ2v) is 2.35. The molecule has 0 bridgehead atoms. The molecular weight excluding hydrogens is 142 g/mol. The van der Waals surface area contributed by atoms with Crippen LogP contribution in [0.2, 0.25) is 0 Å². The van der Waals surface area contributed by atoms with Crippen molar-refractivity contribution in [2.45, 2.75) is 13.3 Å². The first-order valence-corrected chi connectivity index (χ1v) is 3.81. The number of nitrogens with one attached hydrogen (secondary N) is 1. The Bertz CT molecular complexity index is 187. The van der Waals surface area contributed by atoms with Gasteiger partial charge in [-0.1, -0.05) is 37.9 Å². The van der Waals surface area contributed by atoms with E-state index in [1.807, 2.05) is 18.2 Å². The van der Waals surface area contributed by atoms with E-state index in [2.05, 4.69) is 30.5 Å². The van der Waals surface area contributed by atoms with Gasteiger partial charge >= 0.3 is 0 Å². The number of thiol groups is 1. The Kier molecular flexibility index (Phi) is 2.63. The molecule has 0 heterocycles. The molecule has 0 saturated heterocycles. The van der Waals surface area contributed by atoms with Gasteiger partial charge in [-0.3, -0.25) is 0 Å². The molecule has 10 heavy (non-hydrogen) atoms. The number of hydrogen-bond donors (Lipinski definition) is 2. The zero-order chi connectivity index (χ0) is 7.40. The molecule has 0 aliphatic rings. The molecule has 0 saturated carbocycles. The summed E-state index contributed by atoms with van der Waals surface area (Å²) >= 11 is 3.98. The summed E-state index contributed by atoms with van der Waals surface area (Å²) < 4.78 is 2.84. The number of benzene rings is 1. The van der Waals surface area contributed by atoms with Crippen molar-refractivity contribution in [2.24, 2.45) is 0 Å². The molecular formula is C8H11NS. The second kappa shape index (κ2) is 3.52. The summed E-state index contributed by atoms with van der Waals surface area (Å²) in [6.45, 7) is 2.13. The van der Waals surface area contributed by atoms with Gasteiger partial charge in [0.2, 0.25) is 0 Å². The van der Waals surface area contributed by atoms with Gasteiger partial charge in [0.1, 0.15) is 0 Å². The maximum absolute atomic E-state index is 3.98. The molecule has 0 aliphatic carbocycles. The second-order valence-electron chi connectivity index (χ2n) is 2.12. The summed E-state index contributed by atoms with van der Waals surface area (Å²) in [5, 5.41) is 0. The van der Waals surface area contributed by atoms with Gasteiger partial charge in [0, 0.05) is 5.69 Å². The van der Waals surface area contributed by atoms with Crippen molar-refractivity contribution in [2.75, 3.05) is 4.72 Å². The van der Waals surface area contributed by atoms with Crippen LogP contribution in [0.15, 0.2) is 24.3 Å². The molecule has 0 atom stereocenters. The highest BCUT2D eigenvalue weighted by molar-refractivity contribution is 7.81. The van der Waals surface area contributed by atoms with E-state index >= 15 is 0 Å². The van der Waals surface area contributed by atoms with Crippen molar-refractivity contribution in [3.63, 3.8) is 0 Å². The first kappa shape index (κ1) is 7.48. The van der Waals surface area contributed by atoms with Crippen molar-refractivity contribution in [3.05, 3.63) is 29.8 Å². The van der Waals surface area contributed by atoms with Gasteiger partial charge in [0.25, 0.3) is 0 Å². The number of rotatable bonds is 2. The van der Waals surface area contributed by atoms with E-state index in [1.165, 1.54) is 5.56 Å². The fourth-order valence-corrected chi connectivity index (χ4v) is 1.16. The largest absolute Gasteiger partial charge is 0.332 e. The predicted molar refractivity (Wildman–Crippen MR) is 48.4 cm³/mol. The van der Waals surface area contributed by atoms with Crippen LogP contribution in [0.4, 0.5) is 5.69 Å². The zero-order valence-corrected chi connectivity index (χ0v) is 6.86. The lowest BCUT2D eigenvalue weighted by atomic mass is 10.1. The van der Waals surface area contributed by atoms with Crippen LogP contribution in [-0.4, -0.2) is 0 Å². The monoisotopic (exact) mass is 153 g/mol. The van der Waals surface area contributed by atoms with Crippen LogP contribution >= 0.6 is 12.8 Å². The Hall–Kier alpha value is -0.630. The standard InChI is InChI=1S/C8H11NS/c1-2-7-5-3-4-6-8(7)9-10/h3-6,9-10H,2H2,1H3. The average molecular weight is 153 g/mol. The molecule has 0 radical (unpaired) electrons. The van der Waals surface area contributed by atoms with E-state index in [-0.39, 0.29) is 0 Å². The number of para-hydroxylation sites is 1. The number of anilines is 1. The highest BCUT2D eigenvalue weighted by Crippen LogP contribution is 2.15. The Morgan fingerprint density at radius 1 is 1.40 bits per heavy atom. The molecule has 54 valence electrons. The third-order valence-electron chi connectivity index (χ3n) is 1.52. The molecule has 0 fully saturated rings. The van der Waals surface area contributed by atoms with Gasteiger partial charge in [-0.25, -0.2) is 0 Å². The molecule has 1 rings (SSSR count). The minimum absolute atomic E-state index is 1.05. The highest BCUT2D eigenvalue weighted by Gasteiger charge is 1.93. The Labute approximate surface area is 67.0 Å². The van der Waals surface area contributed by atoms with E-state index in [0.29, 0.717) is 0 Å². The van der Waals surface area contributed by atoms with Gasteiger partial charge in [0.15, 0.2) is 0 Å². The van der Waals surface area contributed by atoms with Gasteiger partial charge < -0.3 is 4.72 Å². The Morgan fingerprint density at radius 3 is 2.60 bits per heavy atom. The lowest BCUT2D eigenvalue weighted by Gasteiger charge is -2.03. The third-order valence-corrected chi connectivity index (χ3v) is 1.76. The number of hydrogen-bond acceptors (Lipinski definition) is 2. The molecule has 0 unspecified atom stereocenters. The van der Waals surface area contributed by atoms with Crippen LogP contribution in [0.5, 0.6) is 0 Å². The fraction of sp³-hybridized carbons (Fsp3) is 0.250. The molecule has 2 heteroatoms. The van der Waals surface area contributed by atoms with Crippen LogP contribution in [0.3, 0.4) is 0 Å². The van der Waals surface area contributed by atoms with Crippen molar-refractivity contribution >= 4 is 18.5 Å². The number of aryl methyl sites for hydroxylation is 1. The maximum atomic E-state index is 3.98. The van der Waals surface area contributed by atoms with E-state index in [1.54, 1.807) is 0 Å². The van der Waals surface area contributed by atoms with Crippen LogP contribution < -0.4 is 4.72 Å². The summed E-state index contributed by atoms with van der Waals surface area (Å²) in [4.78, 5) is 0. The summed E-state index contributed by atoms with van der Waals surface area (Å²) in [7, 11) is 0. The third kappa shape index (κ3) is 1.45. The molecule has 0 aromatic heterocycles. The van der Waals surface area contributed by atoms with E-state index in [0.717, 1.165) is 12.1 Å². The molecule has 0 aliphatic heterocycles. The average Bonchev–Trinajstić information content (AvgIpc) is 2.04. The van der Waals surface area contributed by atoms with Crippen LogP contribution in [0, 0.1) is 0 Å². The van der Waals surface area contributed by atoms with Crippen LogP contribution in [-0.2, 0) is 6.42 Å². The van der Waals surface area contributed by atoms with Gasteiger partial charge in [-0.15, -0.1) is 0 Å². The topological polar surface area (TPSA) is 12.0 Å². The van der Waals surface area contributed by atoms with Gasteiger partial charge in [0.05, 0.1) is 0 Å². The summed E-state index contributed by atoms with van der Waals surface area (Å²) in [6, 6.07) is 8.15. The van der Waals surface area contributed by atoms with Gasteiger partial charge in [-0.2, -0.15) is 0 Å². The Morgan fingerprint density at radius 2 is 2.10 bits per heavy atom. The van der Waals surface area contributed by atoms with E-state index < -0.39 is 0 Å². The predicted octanol–water partition coefficient (Wildman–Crippen LogP) is 2.51.